The van der Waals surface area contributed by atoms with Crippen LogP contribution in [0.25, 0.3) is 21.2 Å². The Morgan fingerprint density at radius 3 is 2.54 bits per heavy atom. The molecule has 0 amide bonds. The molecule has 2 aliphatic rings. The van der Waals surface area contributed by atoms with E-state index in [-0.39, 0.29) is 22.8 Å². The number of nitrogen functional groups attached to an aromatic ring is 1. The molecular formula is C28H27F3N6O3S. The number of hydrogen-bond donors (Lipinski definition) is 3. The van der Waals surface area contributed by atoms with E-state index in [4.69, 9.17) is 10.5 Å². The molecule has 1 spiro atoms. The maximum Gasteiger partial charge on any atom is 0.429 e. The molecule has 1 unspecified atom stereocenters. The Kier molecular flexibility index (Phi) is 6.94. The molecular weight excluding hydrogens is 557 g/mol. The van der Waals surface area contributed by atoms with Crippen molar-refractivity contribution in [1.82, 2.24) is 19.7 Å². The van der Waals surface area contributed by atoms with E-state index in [1.165, 1.54) is 29.7 Å². The molecule has 2 fully saturated rings. The number of aliphatic carboxylic acids is 1. The number of benzene rings is 2. The van der Waals surface area contributed by atoms with Gasteiger partial charge in [-0.15, -0.1) is 0 Å². The molecule has 0 radical (unpaired) electrons. The second-order valence-electron chi connectivity index (χ2n) is 10.6. The van der Waals surface area contributed by atoms with E-state index in [0.717, 1.165) is 34.1 Å². The minimum absolute atomic E-state index is 0.0695. The number of aromatic nitrogens is 3. The summed E-state index contributed by atoms with van der Waals surface area (Å²) in [6.07, 6.45) is -3.23. The molecule has 9 nitrogen and oxygen atoms in total. The van der Waals surface area contributed by atoms with Gasteiger partial charge in [0.25, 0.3) is 0 Å². The van der Waals surface area contributed by atoms with Gasteiger partial charge in [-0.25, -0.2) is 0 Å². The molecule has 6 rings (SSSR count). The number of alkyl halides is 3. The molecule has 2 aromatic carbocycles. The van der Waals surface area contributed by atoms with Gasteiger partial charge in [0.2, 0.25) is 17.9 Å². The van der Waals surface area contributed by atoms with Gasteiger partial charge >= 0.3 is 12.1 Å². The molecule has 2 saturated heterocycles. The number of hydrogen-bond acceptors (Lipinski definition) is 9. The second-order valence-corrected chi connectivity index (χ2v) is 11.5. The van der Waals surface area contributed by atoms with E-state index in [9.17, 15) is 23.1 Å². The van der Waals surface area contributed by atoms with Crippen LogP contribution >= 0.6 is 11.5 Å². The fourth-order valence-corrected chi connectivity index (χ4v) is 6.31. The topological polar surface area (TPSA) is 126 Å². The number of piperidine rings is 1. The highest BCUT2D eigenvalue weighted by molar-refractivity contribution is 7.13. The highest BCUT2D eigenvalue weighted by Crippen LogP contribution is 2.41. The lowest BCUT2D eigenvalue weighted by atomic mass is 9.76. The first kappa shape index (κ1) is 27.2. The van der Waals surface area contributed by atoms with Gasteiger partial charge in [0.05, 0.1) is 4.70 Å². The maximum atomic E-state index is 14.2. The molecule has 0 saturated carbocycles. The number of nitrogens with two attached hydrogens (primary N) is 1. The maximum absolute atomic E-state index is 14.2. The zero-order valence-corrected chi connectivity index (χ0v) is 22.6. The third-order valence-corrected chi connectivity index (χ3v) is 8.73. The van der Waals surface area contributed by atoms with E-state index < -0.39 is 24.3 Å². The van der Waals surface area contributed by atoms with E-state index in [2.05, 4.69) is 19.7 Å². The molecule has 214 valence electrons. The van der Waals surface area contributed by atoms with Crippen LogP contribution in [-0.4, -0.2) is 57.3 Å². The SMILES string of the molecule is Nc1nc(O[C@H](c2ccc(-c3ccc4sncc4c3)cc2)C(F)(F)F)cc(N2CCC3(CC2)CNC(C(=O)O)C3)n1. The average Bonchev–Trinajstić information content (AvgIpc) is 3.58. The Bertz CT molecular complexity index is 1570. The number of carboxylic acid groups (broad SMARTS) is 1. The Hall–Kier alpha value is -3.97. The van der Waals surface area contributed by atoms with Crippen LogP contribution in [0.4, 0.5) is 24.9 Å². The van der Waals surface area contributed by atoms with Crippen LogP contribution in [0.2, 0.25) is 0 Å². The zero-order chi connectivity index (χ0) is 28.8. The fourth-order valence-electron chi connectivity index (χ4n) is 5.68. The minimum Gasteiger partial charge on any atom is -0.480 e. The van der Waals surface area contributed by atoms with Gasteiger partial charge < -0.3 is 25.8 Å². The van der Waals surface area contributed by atoms with Gasteiger partial charge in [-0.3, -0.25) is 4.79 Å². The summed E-state index contributed by atoms with van der Waals surface area (Å²) in [5, 5.41) is 13.4. The lowest BCUT2D eigenvalue weighted by Gasteiger charge is -2.39. The second kappa shape index (κ2) is 10.5. The summed E-state index contributed by atoms with van der Waals surface area (Å²) in [7, 11) is 0. The highest BCUT2D eigenvalue weighted by atomic mass is 32.1. The number of carbonyl (C=O) groups is 1. The molecule has 41 heavy (non-hydrogen) atoms. The summed E-state index contributed by atoms with van der Waals surface area (Å²) < 4.78 is 53.2. The molecule has 2 aromatic heterocycles. The first-order valence-electron chi connectivity index (χ1n) is 13.1. The molecule has 0 bridgehead atoms. The van der Waals surface area contributed by atoms with Crippen molar-refractivity contribution in [3.8, 4) is 17.0 Å². The van der Waals surface area contributed by atoms with Gasteiger partial charge in [-0.2, -0.15) is 27.5 Å². The monoisotopic (exact) mass is 584 g/mol. The van der Waals surface area contributed by atoms with E-state index >= 15 is 0 Å². The highest BCUT2D eigenvalue weighted by Gasteiger charge is 2.45. The van der Waals surface area contributed by atoms with Crippen molar-refractivity contribution in [2.45, 2.75) is 37.6 Å². The van der Waals surface area contributed by atoms with Crippen LogP contribution < -0.4 is 20.7 Å². The zero-order valence-electron chi connectivity index (χ0n) is 21.8. The van der Waals surface area contributed by atoms with Gasteiger partial charge in [0.1, 0.15) is 11.9 Å². The number of ether oxygens (including phenoxy) is 1. The summed E-state index contributed by atoms with van der Waals surface area (Å²) >= 11 is 1.38. The number of anilines is 2. The van der Waals surface area contributed by atoms with Crippen molar-refractivity contribution < 1.29 is 27.8 Å². The molecule has 0 aliphatic carbocycles. The average molecular weight is 585 g/mol. The Labute approximate surface area is 237 Å². The van der Waals surface area contributed by atoms with Crippen molar-refractivity contribution in [1.29, 1.82) is 0 Å². The summed E-state index contributed by atoms with van der Waals surface area (Å²) in [6, 6.07) is 12.7. The smallest absolute Gasteiger partial charge is 0.429 e. The van der Waals surface area contributed by atoms with E-state index in [0.29, 0.717) is 31.9 Å². The van der Waals surface area contributed by atoms with Crippen molar-refractivity contribution in [3.63, 3.8) is 0 Å². The Balaban J connectivity index is 1.19. The number of halogens is 3. The third kappa shape index (κ3) is 5.64. The molecule has 13 heteroatoms. The number of nitrogens with one attached hydrogen (secondary N) is 1. The van der Waals surface area contributed by atoms with Crippen molar-refractivity contribution in [3.05, 3.63) is 60.3 Å². The summed E-state index contributed by atoms with van der Waals surface area (Å²) in [5.41, 5.74) is 7.33. The van der Waals surface area contributed by atoms with Crippen LogP contribution in [-0.2, 0) is 4.79 Å². The van der Waals surface area contributed by atoms with Gasteiger partial charge in [-0.05, 0) is 59.5 Å². The van der Waals surface area contributed by atoms with Crippen molar-refractivity contribution >= 4 is 39.4 Å². The number of rotatable bonds is 6. The summed E-state index contributed by atoms with van der Waals surface area (Å²) in [5.74, 6) is -0.956. The Morgan fingerprint density at radius 2 is 1.85 bits per heavy atom. The van der Waals surface area contributed by atoms with Crippen molar-refractivity contribution in [2.24, 2.45) is 5.41 Å². The van der Waals surface area contributed by atoms with E-state index in [1.807, 2.05) is 23.1 Å². The molecule has 2 atom stereocenters. The van der Waals surface area contributed by atoms with Gasteiger partial charge in [-0.1, -0.05) is 30.3 Å². The molecule has 4 aromatic rings. The van der Waals surface area contributed by atoms with E-state index in [1.54, 1.807) is 18.3 Å². The third-order valence-electron chi connectivity index (χ3n) is 7.95. The predicted octanol–water partition coefficient (Wildman–Crippen LogP) is 5.05. The molecule has 4 heterocycles. The first-order chi connectivity index (χ1) is 19.6. The normalized spacial score (nSPS) is 19.5. The summed E-state index contributed by atoms with van der Waals surface area (Å²) in [6.45, 7) is 1.73. The number of carboxylic acids is 1. The fraction of sp³-hybridized carbons (Fsp3) is 0.357. The molecule has 2 aliphatic heterocycles. The van der Waals surface area contributed by atoms with Gasteiger partial charge in [0.15, 0.2) is 0 Å². The predicted molar refractivity (Wildman–Crippen MR) is 149 cm³/mol. The minimum atomic E-state index is -4.71. The standard InChI is InChI=1S/C28H27F3N6O3S/c29-28(30,31)24(17-3-1-16(2-4-17)18-5-6-21-19(11-18)14-34-41-21)40-23-12-22(35-26(32)36-23)37-9-7-27(8-10-37)13-20(25(38)39)33-15-27/h1-6,11-12,14,20,24,33H,7-10,13,15H2,(H,38,39)(H2,32,35,36)/t20?,24-/m1/s1. The largest absolute Gasteiger partial charge is 0.480 e. The quantitative estimate of drug-likeness (QED) is 0.285. The van der Waals surface area contributed by atoms with Crippen LogP contribution in [0.5, 0.6) is 5.88 Å². The van der Waals surface area contributed by atoms with Crippen LogP contribution in [0.15, 0.2) is 54.7 Å². The van der Waals surface area contributed by atoms with Crippen molar-refractivity contribution in [2.75, 3.05) is 30.3 Å². The van der Waals surface area contributed by atoms with Crippen LogP contribution in [0, 0.1) is 5.41 Å². The van der Waals surface area contributed by atoms with Crippen LogP contribution in [0.3, 0.4) is 0 Å². The summed E-state index contributed by atoms with van der Waals surface area (Å²) in [4.78, 5) is 21.5. The lowest BCUT2D eigenvalue weighted by Crippen LogP contribution is -2.41. The molecule has 4 N–H and O–H groups in total. The number of nitrogens with zero attached hydrogens (tertiary/aromatic N) is 4. The van der Waals surface area contributed by atoms with Crippen LogP contribution in [0.1, 0.15) is 30.9 Å². The first-order valence-corrected chi connectivity index (χ1v) is 13.9. The van der Waals surface area contributed by atoms with Gasteiger partial charge in [0, 0.05) is 42.8 Å². The number of fused-ring (bicyclic) bond motifs is 1. The Morgan fingerprint density at radius 1 is 1.12 bits per heavy atom. The lowest BCUT2D eigenvalue weighted by molar-refractivity contribution is -0.198.